The van der Waals surface area contributed by atoms with E-state index in [0.29, 0.717) is 6.54 Å². The molecule has 0 spiro atoms. The number of hydrogen-bond donors (Lipinski definition) is 1. The van der Waals surface area contributed by atoms with Crippen molar-refractivity contribution in [2.75, 3.05) is 44.2 Å². The Bertz CT molecular complexity index is 603. The Balaban J connectivity index is 1.53. The average molecular weight is 345 g/mol. The minimum Gasteiger partial charge on any atom is -0.389 e. The lowest BCUT2D eigenvalue weighted by molar-refractivity contribution is -0.134. The zero-order valence-electron chi connectivity index (χ0n) is 15.7. The van der Waals surface area contributed by atoms with E-state index in [9.17, 15) is 9.90 Å². The summed E-state index contributed by atoms with van der Waals surface area (Å²) in [5, 5.41) is 10.3. The summed E-state index contributed by atoms with van der Waals surface area (Å²) < 4.78 is 0. The van der Waals surface area contributed by atoms with Crippen LogP contribution in [0.25, 0.3) is 0 Å². The molecule has 1 unspecified atom stereocenters. The summed E-state index contributed by atoms with van der Waals surface area (Å²) in [5.74, 6) is 0.194. The van der Waals surface area contributed by atoms with E-state index < -0.39 is 5.60 Å². The molecule has 0 saturated carbocycles. The van der Waals surface area contributed by atoms with Crippen LogP contribution in [0.15, 0.2) is 24.3 Å². The highest BCUT2D eigenvalue weighted by atomic mass is 16.3. The number of rotatable bonds is 4. The second-order valence-corrected chi connectivity index (χ2v) is 7.99. The van der Waals surface area contributed by atoms with Gasteiger partial charge in [-0.1, -0.05) is 12.1 Å². The lowest BCUT2D eigenvalue weighted by Crippen LogP contribution is -2.53. The van der Waals surface area contributed by atoms with Gasteiger partial charge in [0.2, 0.25) is 5.91 Å². The third-order valence-corrected chi connectivity index (χ3v) is 5.52. The lowest BCUT2D eigenvalue weighted by atomic mass is 9.97. The van der Waals surface area contributed by atoms with Gasteiger partial charge in [-0.15, -0.1) is 0 Å². The molecule has 0 radical (unpaired) electrons. The second kappa shape index (κ2) is 7.34. The van der Waals surface area contributed by atoms with Crippen molar-refractivity contribution in [2.45, 2.75) is 45.3 Å². The topological polar surface area (TPSA) is 47.0 Å². The fraction of sp³-hybridized carbons (Fsp3) is 0.650. The molecular formula is C20H31N3O2. The largest absolute Gasteiger partial charge is 0.389 e. The fourth-order valence-electron chi connectivity index (χ4n) is 4.13. The average Bonchev–Trinajstić information content (AvgIpc) is 3.03. The van der Waals surface area contributed by atoms with Gasteiger partial charge in [0.15, 0.2) is 0 Å². The van der Waals surface area contributed by atoms with E-state index >= 15 is 0 Å². The monoisotopic (exact) mass is 345 g/mol. The minimum atomic E-state index is -0.749. The molecule has 2 fully saturated rings. The van der Waals surface area contributed by atoms with Gasteiger partial charge < -0.3 is 14.9 Å². The number of anilines is 1. The smallest absolute Gasteiger partial charge is 0.236 e. The molecule has 1 amide bonds. The Morgan fingerprint density at radius 2 is 1.92 bits per heavy atom. The third kappa shape index (κ3) is 4.33. The van der Waals surface area contributed by atoms with Crippen LogP contribution in [0.2, 0.25) is 0 Å². The van der Waals surface area contributed by atoms with E-state index in [0.717, 1.165) is 45.6 Å². The molecular weight excluding hydrogens is 314 g/mol. The van der Waals surface area contributed by atoms with Gasteiger partial charge in [-0.05, 0) is 57.9 Å². The molecule has 0 aliphatic carbocycles. The number of benzene rings is 1. The van der Waals surface area contributed by atoms with Gasteiger partial charge in [0, 0.05) is 37.9 Å². The van der Waals surface area contributed by atoms with E-state index in [1.54, 1.807) is 0 Å². The molecule has 0 bridgehead atoms. The van der Waals surface area contributed by atoms with Gasteiger partial charge in [0.05, 0.1) is 12.1 Å². The predicted molar refractivity (Wildman–Crippen MR) is 101 cm³/mol. The van der Waals surface area contributed by atoms with Crippen molar-refractivity contribution in [3.63, 3.8) is 0 Å². The fourth-order valence-corrected chi connectivity index (χ4v) is 4.13. The van der Waals surface area contributed by atoms with E-state index in [4.69, 9.17) is 0 Å². The molecule has 2 heterocycles. The molecule has 5 heteroatoms. The highest BCUT2D eigenvalue weighted by molar-refractivity contribution is 5.78. The van der Waals surface area contributed by atoms with Gasteiger partial charge in [-0.3, -0.25) is 9.69 Å². The van der Waals surface area contributed by atoms with Crippen LogP contribution < -0.4 is 4.90 Å². The summed E-state index contributed by atoms with van der Waals surface area (Å²) in [7, 11) is 0. The molecule has 1 atom stereocenters. The Kier molecular flexibility index (Phi) is 5.35. The highest BCUT2D eigenvalue weighted by Gasteiger charge is 2.37. The van der Waals surface area contributed by atoms with Crippen molar-refractivity contribution >= 4 is 11.6 Å². The Labute approximate surface area is 151 Å². The molecule has 138 valence electrons. The van der Waals surface area contributed by atoms with Crippen molar-refractivity contribution in [1.82, 2.24) is 9.80 Å². The van der Waals surface area contributed by atoms with Crippen LogP contribution in [0.3, 0.4) is 0 Å². The zero-order chi connectivity index (χ0) is 18.0. The Morgan fingerprint density at radius 1 is 1.20 bits per heavy atom. The summed E-state index contributed by atoms with van der Waals surface area (Å²) >= 11 is 0. The molecule has 2 aliphatic rings. The van der Waals surface area contributed by atoms with Crippen LogP contribution in [0.1, 0.15) is 32.3 Å². The zero-order valence-corrected chi connectivity index (χ0v) is 15.7. The molecule has 2 aliphatic heterocycles. The molecule has 1 N–H and O–H groups in total. The standard InChI is InChI=1S/C20H31N3O2/c1-16-6-4-7-17(14-16)21-10-12-22(13-11-21)19(24)15-23-9-5-8-18(23)20(2,3)25/h4,6-7,14,18,25H,5,8-13,15H2,1-3H3. The first-order valence-corrected chi connectivity index (χ1v) is 9.40. The van der Waals surface area contributed by atoms with Crippen LogP contribution in [0.5, 0.6) is 0 Å². The normalized spacial score (nSPS) is 22.5. The number of hydrogen-bond acceptors (Lipinski definition) is 4. The number of carbonyl (C=O) groups is 1. The Hall–Kier alpha value is -1.59. The summed E-state index contributed by atoms with van der Waals surface area (Å²) in [4.78, 5) is 19.2. The van der Waals surface area contributed by atoms with Crippen LogP contribution in [-0.4, -0.2) is 71.7 Å². The summed E-state index contributed by atoms with van der Waals surface area (Å²) in [6.45, 7) is 10.4. The second-order valence-electron chi connectivity index (χ2n) is 7.99. The van der Waals surface area contributed by atoms with Crippen molar-refractivity contribution in [2.24, 2.45) is 0 Å². The maximum absolute atomic E-state index is 12.7. The highest BCUT2D eigenvalue weighted by Crippen LogP contribution is 2.26. The predicted octanol–water partition coefficient (Wildman–Crippen LogP) is 1.88. The van der Waals surface area contributed by atoms with Crippen LogP contribution in [0, 0.1) is 6.92 Å². The maximum Gasteiger partial charge on any atom is 0.236 e. The molecule has 3 rings (SSSR count). The number of likely N-dealkylation sites (tertiary alicyclic amines) is 1. The first kappa shape index (κ1) is 18.2. The van der Waals surface area contributed by atoms with Crippen LogP contribution >= 0.6 is 0 Å². The summed E-state index contributed by atoms with van der Waals surface area (Å²) in [6.07, 6.45) is 2.03. The summed E-state index contributed by atoms with van der Waals surface area (Å²) in [5.41, 5.74) is 1.76. The molecule has 25 heavy (non-hydrogen) atoms. The van der Waals surface area contributed by atoms with Gasteiger partial charge in [0.25, 0.3) is 0 Å². The number of amides is 1. The van der Waals surface area contributed by atoms with Gasteiger partial charge in [0.1, 0.15) is 0 Å². The molecule has 1 aromatic carbocycles. The van der Waals surface area contributed by atoms with E-state index in [1.807, 2.05) is 18.7 Å². The molecule has 2 saturated heterocycles. The van der Waals surface area contributed by atoms with Crippen molar-refractivity contribution in [3.8, 4) is 0 Å². The lowest BCUT2D eigenvalue weighted by Gasteiger charge is -2.38. The van der Waals surface area contributed by atoms with Crippen molar-refractivity contribution in [1.29, 1.82) is 0 Å². The van der Waals surface area contributed by atoms with Crippen molar-refractivity contribution < 1.29 is 9.90 Å². The quantitative estimate of drug-likeness (QED) is 0.905. The van der Waals surface area contributed by atoms with E-state index in [-0.39, 0.29) is 11.9 Å². The SMILES string of the molecule is Cc1cccc(N2CCN(C(=O)CN3CCCC3C(C)(C)O)CC2)c1. The first-order chi connectivity index (χ1) is 11.8. The van der Waals surface area contributed by atoms with Gasteiger partial charge in [-0.2, -0.15) is 0 Å². The van der Waals surface area contributed by atoms with Gasteiger partial charge in [-0.25, -0.2) is 0 Å². The molecule has 5 nitrogen and oxygen atoms in total. The third-order valence-electron chi connectivity index (χ3n) is 5.52. The number of piperazine rings is 1. The Morgan fingerprint density at radius 3 is 2.56 bits per heavy atom. The van der Waals surface area contributed by atoms with E-state index in [2.05, 4.69) is 41.0 Å². The minimum absolute atomic E-state index is 0.0880. The van der Waals surface area contributed by atoms with Gasteiger partial charge >= 0.3 is 0 Å². The number of carbonyl (C=O) groups excluding carboxylic acids is 1. The summed E-state index contributed by atoms with van der Waals surface area (Å²) in [6, 6.07) is 8.63. The number of aliphatic hydroxyl groups is 1. The van der Waals surface area contributed by atoms with Crippen LogP contribution in [0.4, 0.5) is 5.69 Å². The molecule has 0 aromatic heterocycles. The maximum atomic E-state index is 12.7. The number of nitrogens with zero attached hydrogens (tertiary/aromatic N) is 3. The van der Waals surface area contributed by atoms with Crippen molar-refractivity contribution in [3.05, 3.63) is 29.8 Å². The number of aryl methyl sites for hydroxylation is 1. The first-order valence-electron chi connectivity index (χ1n) is 9.40. The van der Waals surface area contributed by atoms with Crippen LogP contribution in [-0.2, 0) is 4.79 Å². The molecule has 1 aromatic rings. The van der Waals surface area contributed by atoms with E-state index in [1.165, 1.54) is 11.3 Å².